The second kappa shape index (κ2) is 6.44. The molecule has 1 N–H and O–H groups in total. The summed E-state index contributed by atoms with van der Waals surface area (Å²) in [6, 6.07) is 14.7. The van der Waals surface area contributed by atoms with Gasteiger partial charge in [-0.05, 0) is 24.3 Å². The monoisotopic (exact) mass is 345 g/mol. The first kappa shape index (κ1) is 15.6. The minimum Gasteiger partial charge on any atom is -0.340 e. The van der Waals surface area contributed by atoms with Crippen molar-refractivity contribution in [2.24, 2.45) is 12.1 Å². The van der Waals surface area contributed by atoms with Gasteiger partial charge in [-0.15, -0.1) is 0 Å². The maximum atomic E-state index is 12.3. The Hall–Kier alpha value is -2.30. The maximum absolute atomic E-state index is 12.3. The van der Waals surface area contributed by atoms with E-state index in [-0.39, 0.29) is 5.91 Å². The Labute approximate surface area is 143 Å². The van der Waals surface area contributed by atoms with Crippen LogP contribution in [-0.2, 0) is 7.05 Å². The van der Waals surface area contributed by atoms with E-state index in [1.54, 1.807) is 18.2 Å². The van der Waals surface area contributed by atoms with Crippen molar-refractivity contribution in [3.8, 4) is 0 Å². The fourth-order valence-corrected chi connectivity index (χ4v) is 2.79. The highest BCUT2D eigenvalue weighted by Gasteiger charge is 2.12. The number of fused-ring (bicyclic) bond motifs is 1. The van der Waals surface area contributed by atoms with Gasteiger partial charge in [-0.1, -0.05) is 47.5 Å². The molecule has 23 heavy (non-hydrogen) atoms. The van der Waals surface area contributed by atoms with Crippen LogP contribution in [0.1, 0.15) is 16.1 Å². The average Bonchev–Trinajstić information content (AvgIpc) is 2.87. The Kier molecular flexibility index (Phi) is 4.37. The highest BCUT2D eigenvalue weighted by Crippen LogP contribution is 2.20. The molecule has 4 nitrogen and oxygen atoms in total. The number of aryl methyl sites for hydroxylation is 1. The molecule has 116 valence electrons. The number of nitrogens with one attached hydrogen (secondary N) is 1. The number of benzene rings is 2. The zero-order chi connectivity index (χ0) is 16.4. The summed E-state index contributed by atoms with van der Waals surface area (Å²) in [5.41, 5.74) is 4.70. The normalized spacial score (nSPS) is 11.3. The van der Waals surface area contributed by atoms with Gasteiger partial charge in [0.05, 0.1) is 11.2 Å². The summed E-state index contributed by atoms with van der Waals surface area (Å²) in [7, 11) is 1.84. The average molecular weight is 346 g/mol. The largest absolute Gasteiger partial charge is 0.340 e. The van der Waals surface area contributed by atoms with Crippen LogP contribution >= 0.6 is 23.2 Å². The lowest BCUT2D eigenvalue weighted by Gasteiger charge is -2.03. The molecule has 1 amide bonds. The number of hydrogen-bond acceptors (Lipinski definition) is 2. The zero-order valence-corrected chi connectivity index (χ0v) is 13.8. The number of carbonyl (C=O) groups excluding carboxylic acids is 1. The van der Waals surface area contributed by atoms with Crippen LogP contribution in [0.5, 0.6) is 0 Å². The molecule has 2 aromatic carbocycles. The van der Waals surface area contributed by atoms with Crippen LogP contribution in [0.4, 0.5) is 0 Å². The number of halogens is 2. The van der Waals surface area contributed by atoms with Crippen molar-refractivity contribution in [1.82, 2.24) is 9.99 Å². The van der Waals surface area contributed by atoms with E-state index in [2.05, 4.69) is 10.5 Å². The lowest BCUT2D eigenvalue weighted by atomic mass is 10.2. The molecule has 3 rings (SSSR count). The van der Waals surface area contributed by atoms with Crippen molar-refractivity contribution < 1.29 is 4.79 Å². The molecule has 0 unspecified atom stereocenters. The van der Waals surface area contributed by atoms with E-state index >= 15 is 0 Å². The van der Waals surface area contributed by atoms with Gasteiger partial charge in [0.2, 0.25) is 0 Å². The van der Waals surface area contributed by atoms with Crippen molar-refractivity contribution in [3.63, 3.8) is 0 Å². The summed E-state index contributed by atoms with van der Waals surface area (Å²) < 4.78 is 1.83. The highest BCUT2D eigenvalue weighted by atomic mass is 35.5. The number of para-hydroxylation sites is 1. The molecular weight excluding hydrogens is 333 g/mol. The van der Waals surface area contributed by atoms with E-state index in [0.29, 0.717) is 21.3 Å². The topological polar surface area (TPSA) is 46.4 Å². The first-order chi connectivity index (χ1) is 11.1. The molecule has 1 aromatic heterocycles. The van der Waals surface area contributed by atoms with Gasteiger partial charge in [-0.2, -0.15) is 5.10 Å². The van der Waals surface area contributed by atoms with E-state index in [1.807, 2.05) is 41.9 Å². The van der Waals surface area contributed by atoms with Crippen LogP contribution < -0.4 is 5.43 Å². The minimum atomic E-state index is -0.287. The Balaban J connectivity index is 1.78. The molecular formula is C17H13Cl2N3O. The van der Waals surface area contributed by atoms with Crippen LogP contribution in [0.3, 0.4) is 0 Å². The lowest BCUT2D eigenvalue weighted by Crippen LogP contribution is -2.20. The van der Waals surface area contributed by atoms with E-state index in [1.165, 1.54) is 6.21 Å². The molecule has 0 aliphatic heterocycles. The molecule has 3 aromatic rings. The van der Waals surface area contributed by atoms with Gasteiger partial charge in [-0.25, -0.2) is 5.43 Å². The third-order valence-corrected chi connectivity index (χ3v) is 4.08. The standard InChI is InChI=1S/C17H13Cl2N3O/c1-22-15-5-3-2-4-11(15)8-16(22)17(23)21-20-10-12-6-7-13(18)9-14(12)19/h2-10H,1H3,(H,21,23)/b20-10+. The van der Waals surface area contributed by atoms with E-state index < -0.39 is 0 Å². The number of hydrazone groups is 1. The highest BCUT2D eigenvalue weighted by molar-refractivity contribution is 6.36. The molecule has 0 aliphatic carbocycles. The quantitative estimate of drug-likeness (QED) is 0.559. The molecule has 0 atom stereocenters. The Morgan fingerprint density at radius 3 is 2.70 bits per heavy atom. The predicted molar refractivity (Wildman–Crippen MR) is 94.4 cm³/mol. The third-order valence-electron chi connectivity index (χ3n) is 3.52. The number of rotatable bonds is 3. The smallest absolute Gasteiger partial charge is 0.287 e. The van der Waals surface area contributed by atoms with Gasteiger partial charge in [-0.3, -0.25) is 4.79 Å². The minimum absolute atomic E-state index is 0.287. The summed E-state index contributed by atoms with van der Waals surface area (Å²) in [6.45, 7) is 0. The summed E-state index contributed by atoms with van der Waals surface area (Å²) in [5.74, 6) is -0.287. The van der Waals surface area contributed by atoms with Crippen LogP contribution in [0, 0.1) is 0 Å². The fourth-order valence-electron chi connectivity index (χ4n) is 2.33. The number of nitrogens with zero attached hydrogens (tertiary/aromatic N) is 2. The summed E-state index contributed by atoms with van der Waals surface area (Å²) >= 11 is 11.9. The van der Waals surface area contributed by atoms with Gasteiger partial charge in [0.15, 0.2) is 0 Å². The van der Waals surface area contributed by atoms with Gasteiger partial charge < -0.3 is 4.57 Å². The maximum Gasteiger partial charge on any atom is 0.287 e. The van der Waals surface area contributed by atoms with Crippen molar-refractivity contribution in [1.29, 1.82) is 0 Å². The zero-order valence-electron chi connectivity index (χ0n) is 12.3. The SMILES string of the molecule is Cn1c(C(=O)N/N=C/c2ccc(Cl)cc2Cl)cc2ccccc21. The number of aromatic nitrogens is 1. The van der Waals surface area contributed by atoms with E-state index in [9.17, 15) is 4.79 Å². The molecule has 0 saturated heterocycles. The van der Waals surface area contributed by atoms with Gasteiger partial charge in [0.1, 0.15) is 5.69 Å². The van der Waals surface area contributed by atoms with E-state index in [0.717, 1.165) is 10.9 Å². The molecule has 1 heterocycles. The Morgan fingerprint density at radius 2 is 1.96 bits per heavy atom. The molecule has 6 heteroatoms. The van der Waals surface area contributed by atoms with Gasteiger partial charge in [0.25, 0.3) is 5.91 Å². The Bertz CT molecular complexity index is 915. The van der Waals surface area contributed by atoms with Crippen molar-refractivity contribution >= 4 is 46.2 Å². The molecule has 0 radical (unpaired) electrons. The molecule has 0 spiro atoms. The van der Waals surface area contributed by atoms with Crippen molar-refractivity contribution in [3.05, 3.63) is 69.8 Å². The number of carbonyl (C=O) groups is 1. The first-order valence-corrected chi connectivity index (χ1v) is 7.65. The predicted octanol–water partition coefficient (Wildman–Crippen LogP) is 4.25. The molecule has 0 saturated carbocycles. The summed E-state index contributed by atoms with van der Waals surface area (Å²) in [5, 5.41) is 5.98. The van der Waals surface area contributed by atoms with Crippen LogP contribution in [0.2, 0.25) is 10.0 Å². The summed E-state index contributed by atoms with van der Waals surface area (Å²) in [4.78, 5) is 12.3. The molecule has 0 bridgehead atoms. The van der Waals surface area contributed by atoms with Crippen LogP contribution in [-0.4, -0.2) is 16.7 Å². The second-order valence-electron chi connectivity index (χ2n) is 5.01. The Morgan fingerprint density at radius 1 is 1.17 bits per heavy atom. The van der Waals surface area contributed by atoms with Crippen LogP contribution in [0.25, 0.3) is 10.9 Å². The van der Waals surface area contributed by atoms with Crippen molar-refractivity contribution in [2.75, 3.05) is 0 Å². The van der Waals surface area contributed by atoms with Crippen molar-refractivity contribution in [2.45, 2.75) is 0 Å². The van der Waals surface area contributed by atoms with Gasteiger partial charge in [0, 0.05) is 28.5 Å². The van der Waals surface area contributed by atoms with Gasteiger partial charge >= 0.3 is 0 Å². The third kappa shape index (κ3) is 3.23. The molecule has 0 fully saturated rings. The molecule has 0 aliphatic rings. The lowest BCUT2D eigenvalue weighted by molar-refractivity contribution is 0.0947. The summed E-state index contributed by atoms with van der Waals surface area (Å²) in [6.07, 6.45) is 1.49. The number of amides is 1. The first-order valence-electron chi connectivity index (χ1n) is 6.89. The number of hydrogen-bond donors (Lipinski definition) is 1. The van der Waals surface area contributed by atoms with Crippen LogP contribution in [0.15, 0.2) is 53.6 Å². The van der Waals surface area contributed by atoms with E-state index in [4.69, 9.17) is 23.2 Å². The second-order valence-corrected chi connectivity index (χ2v) is 5.86. The fraction of sp³-hybridized carbons (Fsp3) is 0.0588.